The zero-order valence-corrected chi connectivity index (χ0v) is 16.9. The molecule has 4 rings (SSSR count). The number of hydrogen-bond donors (Lipinski definition) is 1. The average Bonchev–Trinajstić information content (AvgIpc) is 3.07. The highest BCUT2D eigenvalue weighted by Gasteiger charge is 2.14. The Kier molecular flexibility index (Phi) is 4.50. The van der Waals surface area contributed by atoms with Crippen molar-refractivity contribution in [3.05, 3.63) is 78.8 Å². The third-order valence-corrected chi connectivity index (χ3v) is 5.59. The van der Waals surface area contributed by atoms with Crippen molar-refractivity contribution in [2.75, 3.05) is 0 Å². The number of benzene rings is 2. The molecule has 2 aromatic heterocycles. The van der Waals surface area contributed by atoms with Crippen LogP contribution in [0.5, 0.6) is 0 Å². The second kappa shape index (κ2) is 6.81. The van der Waals surface area contributed by atoms with Crippen molar-refractivity contribution < 1.29 is 4.52 Å². The maximum atomic E-state index is 12.4. The summed E-state index contributed by atoms with van der Waals surface area (Å²) in [6.07, 6.45) is 0.509. The lowest BCUT2D eigenvalue weighted by Crippen LogP contribution is -2.09. The first kappa shape index (κ1) is 17.2. The zero-order chi connectivity index (χ0) is 18.3. The highest BCUT2D eigenvalue weighted by Crippen LogP contribution is 2.23. The van der Waals surface area contributed by atoms with Crippen LogP contribution in [0.2, 0.25) is 0 Å². The predicted molar refractivity (Wildman–Crippen MR) is 107 cm³/mol. The molecule has 4 aromatic rings. The molecule has 0 aliphatic rings. The number of rotatable bonds is 3. The summed E-state index contributed by atoms with van der Waals surface area (Å²) in [6, 6.07) is 13.4. The minimum atomic E-state index is -0.245. The summed E-state index contributed by atoms with van der Waals surface area (Å²) >= 11 is 6.96. The largest absolute Gasteiger partial charge is 0.339 e. The smallest absolute Gasteiger partial charge is 0.259 e. The van der Waals surface area contributed by atoms with Crippen molar-refractivity contribution >= 4 is 42.8 Å². The molecule has 0 bridgehead atoms. The molecule has 130 valence electrons. The summed E-state index contributed by atoms with van der Waals surface area (Å²) < 4.78 is 7.34. The number of aromatic nitrogens is 3. The fourth-order valence-corrected chi connectivity index (χ4v) is 3.57. The molecule has 0 unspecified atom stereocenters. The van der Waals surface area contributed by atoms with Crippen molar-refractivity contribution in [2.45, 2.75) is 13.3 Å². The molecular weight excluding hydrogens is 462 g/mol. The molecule has 0 radical (unpaired) electrons. The van der Waals surface area contributed by atoms with Crippen molar-refractivity contribution in [1.82, 2.24) is 15.1 Å². The Morgan fingerprint density at radius 2 is 2.00 bits per heavy atom. The van der Waals surface area contributed by atoms with Crippen LogP contribution < -0.4 is 5.56 Å². The molecule has 0 saturated heterocycles. The van der Waals surface area contributed by atoms with E-state index in [1.165, 1.54) is 0 Å². The number of H-pyrrole nitrogens is 1. The van der Waals surface area contributed by atoms with Gasteiger partial charge in [-0.15, -0.1) is 0 Å². The first-order valence-corrected chi connectivity index (χ1v) is 9.49. The van der Waals surface area contributed by atoms with Crippen LogP contribution in [0.4, 0.5) is 0 Å². The number of nitrogens with zero attached hydrogens (tertiary/aromatic N) is 2. The van der Waals surface area contributed by atoms with Gasteiger partial charge in [0.25, 0.3) is 5.56 Å². The molecule has 0 saturated carbocycles. The predicted octanol–water partition coefficient (Wildman–Crippen LogP) is 5.00. The number of hydrogen-bond acceptors (Lipinski definition) is 4. The topological polar surface area (TPSA) is 71.8 Å². The van der Waals surface area contributed by atoms with E-state index in [2.05, 4.69) is 47.0 Å². The number of pyridine rings is 1. The zero-order valence-electron chi connectivity index (χ0n) is 13.7. The molecule has 1 N–H and O–H groups in total. The Balaban J connectivity index is 1.72. The molecule has 2 aromatic carbocycles. The maximum Gasteiger partial charge on any atom is 0.259 e. The van der Waals surface area contributed by atoms with Gasteiger partial charge >= 0.3 is 0 Å². The Morgan fingerprint density at radius 3 is 2.85 bits per heavy atom. The minimum Gasteiger partial charge on any atom is -0.339 e. The molecule has 5 nitrogen and oxygen atoms in total. The van der Waals surface area contributed by atoms with Gasteiger partial charge in [-0.25, -0.2) is 0 Å². The Labute approximate surface area is 165 Å². The summed E-state index contributed by atoms with van der Waals surface area (Å²) in [6.45, 7) is 2.03. The van der Waals surface area contributed by atoms with Gasteiger partial charge in [0.2, 0.25) is 11.7 Å². The highest BCUT2D eigenvalue weighted by molar-refractivity contribution is 9.10. The molecule has 0 amide bonds. The van der Waals surface area contributed by atoms with E-state index >= 15 is 0 Å². The third kappa shape index (κ3) is 3.24. The molecule has 0 atom stereocenters. The van der Waals surface area contributed by atoms with Gasteiger partial charge < -0.3 is 9.51 Å². The Morgan fingerprint density at radius 1 is 1.15 bits per heavy atom. The van der Waals surface area contributed by atoms with Gasteiger partial charge in [0, 0.05) is 19.8 Å². The lowest BCUT2D eigenvalue weighted by Gasteiger charge is -2.04. The second-order valence-corrected chi connectivity index (χ2v) is 7.73. The van der Waals surface area contributed by atoms with Gasteiger partial charge in [-0.2, -0.15) is 4.98 Å². The minimum absolute atomic E-state index is 0.245. The SMILES string of the molecule is Cc1c(Br)cccc1Cc1nc(-c2cc3cc(Br)ccc3[nH]c2=O)no1. The van der Waals surface area contributed by atoms with Crippen LogP contribution in [0, 0.1) is 6.92 Å². The van der Waals surface area contributed by atoms with Gasteiger partial charge in [0.05, 0.1) is 12.0 Å². The van der Waals surface area contributed by atoms with Crippen LogP contribution in [-0.2, 0) is 6.42 Å². The van der Waals surface area contributed by atoms with Crippen LogP contribution in [0.1, 0.15) is 17.0 Å². The Hall–Kier alpha value is -2.25. The molecule has 0 aliphatic heterocycles. The van der Waals surface area contributed by atoms with Gasteiger partial charge in [-0.3, -0.25) is 4.79 Å². The molecule has 26 heavy (non-hydrogen) atoms. The number of halogens is 2. The lowest BCUT2D eigenvalue weighted by atomic mass is 10.1. The van der Waals surface area contributed by atoms with Crippen molar-refractivity contribution in [2.24, 2.45) is 0 Å². The van der Waals surface area contributed by atoms with Crippen LogP contribution in [0.15, 0.2) is 60.7 Å². The van der Waals surface area contributed by atoms with E-state index in [0.29, 0.717) is 17.9 Å². The van der Waals surface area contributed by atoms with E-state index in [9.17, 15) is 4.79 Å². The van der Waals surface area contributed by atoms with E-state index in [1.54, 1.807) is 6.07 Å². The summed E-state index contributed by atoms with van der Waals surface area (Å²) in [4.78, 5) is 19.7. The normalized spacial score (nSPS) is 11.2. The van der Waals surface area contributed by atoms with E-state index < -0.39 is 0 Å². The van der Waals surface area contributed by atoms with Crippen LogP contribution in [0.3, 0.4) is 0 Å². The summed E-state index contributed by atoms with van der Waals surface area (Å²) in [7, 11) is 0. The lowest BCUT2D eigenvalue weighted by molar-refractivity contribution is 0.385. The van der Waals surface area contributed by atoms with Crippen molar-refractivity contribution in [3.63, 3.8) is 0 Å². The highest BCUT2D eigenvalue weighted by atomic mass is 79.9. The van der Waals surface area contributed by atoms with Crippen LogP contribution >= 0.6 is 31.9 Å². The van der Waals surface area contributed by atoms with Gasteiger partial charge in [-0.05, 0) is 48.4 Å². The molecule has 0 spiro atoms. The van der Waals surface area contributed by atoms with Crippen LogP contribution in [-0.4, -0.2) is 15.1 Å². The van der Waals surface area contributed by atoms with E-state index in [0.717, 1.165) is 31.0 Å². The maximum absolute atomic E-state index is 12.4. The molecule has 0 aliphatic carbocycles. The number of aromatic amines is 1. The summed E-state index contributed by atoms with van der Waals surface area (Å²) in [5.74, 6) is 0.755. The summed E-state index contributed by atoms with van der Waals surface area (Å²) in [5.41, 5.74) is 3.12. The molecule has 0 fully saturated rings. The summed E-state index contributed by atoms with van der Waals surface area (Å²) in [5, 5.41) is 4.89. The van der Waals surface area contributed by atoms with Gasteiger partial charge in [-0.1, -0.05) is 49.1 Å². The molecule has 2 heterocycles. The quantitative estimate of drug-likeness (QED) is 0.453. The van der Waals surface area contributed by atoms with Crippen molar-refractivity contribution in [3.8, 4) is 11.4 Å². The second-order valence-electron chi connectivity index (χ2n) is 5.96. The van der Waals surface area contributed by atoms with E-state index in [-0.39, 0.29) is 11.4 Å². The fourth-order valence-electron chi connectivity index (χ4n) is 2.79. The van der Waals surface area contributed by atoms with E-state index in [4.69, 9.17) is 4.52 Å². The van der Waals surface area contributed by atoms with E-state index in [1.807, 2.05) is 43.3 Å². The average molecular weight is 475 g/mol. The third-order valence-electron chi connectivity index (χ3n) is 4.24. The monoisotopic (exact) mass is 473 g/mol. The standard InChI is InChI=1S/C19H13Br2N3O2/c1-10-11(3-2-4-15(10)21)9-17-23-18(24-26-17)14-8-12-7-13(20)5-6-16(12)22-19(14)25/h2-8H,9H2,1H3,(H,22,25). The number of nitrogens with one attached hydrogen (secondary N) is 1. The molecule has 7 heteroatoms. The van der Waals surface area contributed by atoms with Gasteiger partial charge in [0.15, 0.2) is 0 Å². The van der Waals surface area contributed by atoms with Gasteiger partial charge in [0.1, 0.15) is 0 Å². The Bertz CT molecular complexity index is 1180. The first-order valence-electron chi connectivity index (χ1n) is 7.91. The first-order chi connectivity index (χ1) is 12.5. The molecular formula is C19H13Br2N3O2. The van der Waals surface area contributed by atoms with Crippen molar-refractivity contribution in [1.29, 1.82) is 0 Å². The van der Waals surface area contributed by atoms with Crippen LogP contribution in [0.25, 0.3) is 22.3 Å². The number of fused-ring (bicyclic) bond motifs is 1. The fraction of sp³-hybridized carbons (Fsp3) is 0.105.